The number of amides is 1. The Kier molecular flexibility index (Phi) is 8.05. The fraction of sp³-hybridized carbons (Fsp3) is 0.296. The minimum absolute atomic E-state index is 0.0839. The monoisotopic (exact) mass is 530 g/mol. The van der Waals surface area contributed by atoms with Gasteiger partial charge in [0, 0.05) is 0 Å². The van der Waals surface area contributed by atoms with Gasteiger partial charge in [0.15, 0.2) is 0 Å². The minimum atomic E-state index is -4.03. The van der Waals surface area contributed by atoms with Crippen LogP contribution in [0.4, 0.5) is 5.69 Å². The van der Waals surface area contributed by atoms with Crippen LogP contribution in [0.15, 0.2) is 71.6 Å². The van der Waals surface area contributed by atoms with Crippen molar-refractivity contribution in [3.8, 4) is 0 Å². The lowest BCUT2D eigenvalue weighted by molar-refractivity contribution is -0.120. The first-order chi connectivity index (χ1) is 16.8. The van der Waals surface area contributed by atoms with Crippen LogP contribution in [0.3, 0.4) is 0 Å². The molecule has 4 rings (SSSR count). The zero-order valence-electron chi connectivity index (χ0n) is 19.5. The Morgan fingerprint density at radius 3 is 2.34 bits per heavy atom. The number of aryl methyl sites for hydroxylation is 2. The number of hydrogen-bond acceptors (Lipinski definition) is 3. The lowest BCUT2D eigenvalue weighted by atomic mass is 9.89. The second kappa shape index (κ2) is 11.0. The van der Waals surface area contributed by atoms with E-state index in [0.717, 1.165) is 22.7 Å². The summed E-state index contributed by atoms with van der Waals surface area (Å²) >= 11 is 12.2. The molecule has 8 heteroatoms. The van der Waals surface area contributed by atoms with E-state index in [1.165, 1.54) is 48.2 Å². The second-order valence-electron chi connectivity index (χ2n) is 8.69. The highest BCUT2D eigenvalue weighted by molar-refractivity contribution is 7.92. The van der Waals surface area contributed by atoms with Crippen LogP contribution < -0.4 is 9.62 Å². The molecule has 1 aliphatic carbocycles. The summed E-state index contributed by atoms with van der Waals surface area (Å²) in [6.45, 7) is 1.61. The van der Waals surface area contributed by atoms with Gasteiger partial charge >= 0.3 is 0 Å². The molecule has 35 heavy (non-hydrogen) atoms. The number of nitrogens with one attached hydrogen (secondary N) is 1. The van der Waals surface area contributed by atoms with Crippen LogP contribution in [0.5, 0.6) is 0 Å². The molecule has 0 saturated carbocycles. The zero-order chi connectivity index (χ0) is 25.0. The zero-order valence-corrected chi connectivity index (χ0v) is 21.8. The van der Waals surface area contributed by atoms with Gasteiger partial charge in [0.25, 0.3) is 10.0 Å². The molecule has 1 amide bonds. The Morgan fingerprint density at radius 1 is 0.943 bits per heavy atom. The third-order valence-electron chi connectivity index (χ3n) is 6.33. The van der Waals surface area contributed by atoms with Crippen LogP contribution in [0.2, 0.25) is 10.0 Å². The van der Waals surface area contributed by atoms with E-state index in [0.29, 0.717) is 11.4 Å². The Labute approximate surface area is 217 Å². The maximum absolute atomic E-state index is 13.5. The Morgan fingerprint density at radius 2 is 1.66 bits per heavy atom. The maximum Gasteiger partial charge on any atom is 0.264 e. The summed E-state index contributed by atoms with van der Waals surface area (Å²) < 4.78 is 28.1. The van der Waals surface area contributed by atoms with E-state index in [-0.39, 0.29) is 21.6 Å². The highest BCUT2D eigenvalue weighted by Gasteiger charge is 2.28. The van der Waals surface area contributed by atoms with E-state index in [9.17, 15) is 13.2 Å². The number of carbonyl (C=O) groups is 1. The van der Waals surface area contributed by atoms with Crippen molar-refractivity contribution < 1.29 is 13.2 Å². The van der Waals surface area contributed by atoms with Crippen LogP contribution in [0, 0.1) is 0 Å². The summed E-state index contributed by atoms with van der Waals surface area (Å²) in [4.78, 5) is 13.3. The van der Waals surface area contributed by atoms with Gasteiger partial charge in [0.05, 0.1) is 26.7 Å². The number of sulfonamides is 1. The van der Waals surface area contributed by atoms with Gasteiger partial charge in [0.1, 0.15) is 6.54 Å². The molecule has 0 saturated heterocycles. The smallest absolute Gasteiger partial charge is 0.264 e. The van der Waals surface area contributed by atoms with Crippen LogP contribution in [0.1, 0.15) is 48.9 Å². The maximum atomic E-state index is 13.5. The predicted octanol–water partition coefficient (Wildman–Crippen LogP) is 6.34. The van der Waals surface area contributed by atoms with Gasteiger partial charge < -0.3 is 5.32 Å². The number of halogens is 2. The van der Waals surface area contributed by atoms with E-state index < -0.39 is 22.5 Å². The topological polar surface area (TPSA) is 66.5 Å². The van der Waals surface area contributed by atoms with Crippen molar-refractivity contribution in [1.82, 2.24) is 5.32 Å². The third-order valence-corrected chi connectivity index (χ3v) is 8.86. The molecule has 5 nitrogen and oxygen atoms in total. The highest BCUT2D eigenvalue weighted by Crippen LogP contribution is 2.31. The molecule has 0 heterocycles. The van der Waals surface area contributed by atoms with Gasteiger partial charge in [-0.2, -0.15) is 0 Å². The third kappa shape index (κ3) is 5.83. The van der Waals surface area contributed by atoms with Crippen molar-refractivity contribution in [3.63, 3.8) is 0 Å². The largest absolute Gasteiger partial charge is 0.348 e. The molecule has 0 aliphatic heterocycles. The summed E-state index contributed by atoms with van der Waals surface area (Å²) in [5, 5.41) is 3.54. The van der Waals surface area contributed by atoms with Crippen LogP contribution >= 0.6 is 23.2 Å². The molecule has 0 unspecified atom stereocenters. The molecule has 0 aromatic heterocycles. The molecule has 0 spiro atoms. The highest BCUT2D eigenvalue weighted by atomic mass is 35.5. The van der Waals surface area contributed by atoms with Crippen molar-refractivity contribution in [1.29, 1.82) is 0 Å². The van der Waals surface area contributed by atoms with E-state index in [1.807, 2.05) is 6.92 Å². The first-order valence-electron chi connectivity index (χ1n) is 11.7. The normalized spacial score (nSPS) is 14.1. The molecule has 1 N–H and O–H groups in total. The SMILES string of the molecule is CC[C@H](NC(=O)CN(c1ccc(Cl)c(Cl)c1)S(=O)(=O)c1ccccc1)c1ccc2c(c1)CCCC2. The number of benzene rings is 3. The summed E-state index contributed by atoms with van der Waals surface area (Å²) in [6, 6.07) is 18.7. The van der Waals surface area contributed by atoms with Gasteiger partial charge in [-0.15, -0.1) is 0 Å². The van der Waals surface area contributed by atoms with Crippen molar-refractivity contribution in [3.05, 3.63) is 93.5 Å². The van der Waals surface area contributed by atoms with Crippen LogP contribution in [0.25, 0.3) is 0 Å². The number of carbonyl (C=O) groups excluding carboxylic acids is 1. The molecular weight excluding hydrogens is 503 g/mol. The number of hydrogen-bond donors (Lipinski definition) is 1. The molecule has 1 atom stereocenters. The fourth-order valence-corrected chi connectivity index (χ4v) is 6.16. The quantitative estimate of drug-likeness (QED) is 0.369. The second-order valence-corrected chi connectivity index (χ2v) is 11.4. The van der Waals surface area contributed by atoms with Crippen molar-refractivity contribution in [2.75, 3.05) is 10.8 Å². The number of rotatable bonds is 8. The van der Waals surface area contributed by atoms with Crippen LogP contribution in [-0.2, 0) is 27.7 Å². The summed E-state index contributed by atoms with van der Waals surface area (Å²) in [5.41, 5.74) is 4.01. The lowest BCUT2D eigenvalue weighted by Crippen LogP contribution is -2.42. The Balaban J connectivity index is 1.61. The molecule has 0 radical (unpaired) electrons. The molecule has 1 aliphatic rings. The molecule has 3 aromatic carbocycles. The first kappa shape index (κ1) is 25.5. The molecular formula is C27H28Cl2N2O3S. The first-order valence-corrected chi connectivity index (χ1v) is 13.9. The lowest BCUT2D eigenvalue weighted by Gasteiger charge is -2.26. The van der Waals surface area contributed by atoms with Crippen molar-refractivity contribution in [2.45, 2.75) is 50.0 Å². The molecule has 3 aromatic rings. The molecule has 0 bridgehead atoms. The molecule has 0 fully saturated rings. The number of fused-ring (bicyclic) bond motifs is 1. The van der Waals surface area contributed by atoms with Gasteiger partial charge in [-0.1, -0.05) is 66.5 Å². The minimum Gasteiger partial charge on any atom is -0.348 e. The summed E-state index contributed by atoms with van der Waals surface area (Å²) in [7, 11) is -4.03. The van der Waals surface area contributed by atoms with E-state index in [4.69, 9.17) is 23.2 Å². The Bertz CT molecular complexity index is 1310. The van der Waals surface area contributed by atoms with Crippen molar-refractivity contribution >= 4 is 44.8 Å². The Hall–Kier alpha value is -2.54. The fourth-order valence-electron chi connectivity index (χ4n) is 4.44. The average Bonchev–Trinajstić information content (AvgIpc) is 2.87. The standard InChI is InChI=1S/C27H28Cl2N2O3S/c1-2-26(21-13-12-19-8-6-7-9-20(19)16-21)30-27(32)18-31(22-14-15-24(28)25(29)17-22)35(33,34)23-10-4-3-5-11-23/h3-5,10-17,26H,2,6-9,18H2,1H3,(H,30,32)/t26-/m0/s1. The van der Waals surface area contributed by atoms with Crippen molar-refractivity contribution in [2.24, 2.45) is 0 Å². The number of nitrogens with zero attached hydrogens (tertiary/aromatic N) is 1. The average molecular weight is 532 g/mol. The van der Waals surface area contributed by atoms with E-state index in [1.54, 1.807) is 24.3 Å². The van der Waals surface area contributed by atoms with Gasteiger partial charge in [-0.05, 0) is 79.1 Å². The molecule has 184 valence electrons. The summed E-state index contributed by atoms with van der Waals surface area (Å²) in [6.07, 6.45) is 5.21. The van der Waals surface area contributed by atoms with E-state index >= 15 is 0 Å². The van der Waals surface area contributed by atoms with Gasteiger partial charge in [0.2, 0.25) is 5.91 Å². The predicted molar refractivity (Wildman–Crippen MR) is 142 cm³/mol. The van der Waals surface area contributed by atoms with Gasteiger partial charge in [-0.25, -0.2) is 8.42 Å². The van der Waals surface area contributed by atoms with Crippen LogP contribution in [-0.4, -0.2) is 20.9 Å². The van der Waals surface area contributed by atoms with E-state index in [2.05, 4.69) is 23.5 Å². The number of anilines is 1. The summed E-state index contributed by atoms with van der Waals surface area (Å²) in [5.74, 6) is -0.403. The van der Waals surface area contributed by atoms with Gasteiger partial charge in [-0.3, -0.25) is 9.10 Å².